The quantitative estimate of drug-likeness (QED) is 0.805. The predicted molar refractivity (Wildman–Crippen MR) is 62.0 cm³/mol. The van der Waals surface area contributed by atoms with Crippen molar-refractivity contribution in [2.75, 3.05) is 24.2 Å². The summed E-state index contributed by atoms with van der Waals surface area (Å²) in [6.07, 6.45) is 4.77. The third-order valence-corrected chi connectivity index (χ3v) is 3.31. The number of anilines is 2. The Bertz CT molecular complexity index is 376. The van der Waals surface area contributed by atoms with E-state index in [4.69, 9.17) is 0 Å². The number of rotatable bonds is 5. The van der Waals surface area contributed by atoms with Crippen LogP contribution in [0.15, 0.2) is 6.20 Å². The molecule has 0 aliphatic heterocycles. The summed E-state index contributed by atoms with van der Waals surface area (Å²) >= 11 is 0. The fourth-order valence-corrected chi connectivity index (χ4v) is 1.71. The number of nitrogens with zero attached hydrogens (tertiary/aromatic N) is 2. The van der Waals surface area contributed by atoms with Crippen LogP contribution in [-0.4, -0.2) is 23.6 Å². The van der Waals surface area contributed by atoms with Gasteiger partial charge >= 0.3 is 0 Å². The highest BCUT2D eigenvalue weighted by Gasteiger charge is 2.40. The van der Waals surface area contributed by atoms with E-state index >= 15 is 0 Å². The number of aromatic nitrogens is 2. The molecule has 0 unspecified atom stereocenters. The van der Waals surface area contributed by atoms with Gasteiger partial charge in [-0.2, -0.15) is 4.98 Å². The van der Waals surface area contributed by atoms with E-state index in [1.54, 1.807) is 7.05 Å². The van der Waals surface area contributed by atoms with Gasteiger partial charge in [0.15, 0.2) is 11.6 Å². The first-order valence-electron chi connectivity index (χ1n) is 5.63. The summed E-state index contributed by atoms with van der Waals surface area (Å²) in [5.41, 5.74) is 0.372. The third-order valence-electron chi connectivity index (χ3n) is 3.31. The molecule has 0 bridgehead atoms. The van der Waals surface area contributed by atoms with Crippen LogP contribution >= 0.6 is 0 Å². The van der Waals surface area contributed by atoms with Crippen LogP contribution in [0.4, 0.5) is 16.2 Å². The van der Waals surface area contributed by atoms with Gasteiger partial charge in [0, 0.05) is 13.6 Å². The van der Waals surface area contributed by atoms with Crippen LogP contribution < -0.4 is 10.6 Å². The Labute approximate surface area is 94.7 Å². The van der Waals surface area contributed by atoms with Crippen LogP contribution in [0.5, 0.6) is 0 Å². The Balaban J connectivity index is 2.03. The van der Waals surface area contributed by atoms with Gasteiger partial charge in [-0.25, -0.2) is 9.37 Å². The Morgan fingerprint density at radius 3 is 2.81 bits per heavy atom. The van der Waals surface area contributed by atoms with E-state index in [-0.39, 0.29) is 0 Å². The standard InChI is InChI=1S/C11H17FN4/c1-3-11(4-5-11)7-15-9-8(12)6-14-10(13-2)16-9/h6H,3-5,7H2,1-2H3,(H2,13,14,15,16). The molecule has 0 atom stereocenters. The second kappa shape index (κ2) is 4.23. The molecule has 1 aromatic rings. The van der Waals surface area contributed by atoms with Crippen molar-refractivity contribution in [3.63, 3.8) is 0 Å². The highest BCUT2D eigenvalue weighted by Crippen LogP contribution is 2.48. The Morgan fingerprint density at radius 2 is 2.25 bits per heavy atom. The Hall–Kier alpha value is -1.39. The van der Waals surface area contributed by atoms with E-state index in [1.165, 1.54) is 19.0 Å². The van der Waals surface area contributed by atoms with Gasteiger partial charge in [0.05, 0.1) is 6.20 Å². The lowest BCUT2D eigenvalue weighted by Crippen LogP contribution is -2.16. The molecule has 1 aliphatic carbocycles. The summed E-state index contributed by atoms with van der Waals surface area (Å²) in [5.74, 6) is 0.329. The first-order valence-corrected chi connectivity index (χ1v) is 5.63. The summed E-state index contributed by atoms with van der Waals surface area (Å²) in [4.78, 5) is 7.85. The van der Waals surface area contributed by atoms with Gasteiger partial charge in [-0.15, -0.1) is 0 Å². The van der Waals surface area contributed by atoms with E-state index in [0.717, 1.165) is 13.0 Å². The fraction of sp³-hybridized carbons (Fsp3) is 0.636. The molecule has 0 saturated heterocycles. The van der Waals surface area contributed by atoms with Crippen LogP contribution in [-0.2, 0) is 0 Å². The van der Waals surface area contributed by atoms with Crippen molar-refractivity contribution in [1.29, 1.82) is 0 Å². The SMILES string of the molecule is CCC1(CNc2nc(NC)ncc2F)CC1. The van der Waals surface area contributed by atoms with Crippen LogP contribution in [0.2, 0.25) is 0 Å². The van der Waals surface area contributed by atoms with Gasteiger partial charge in [-0.05, 0) is 24.7 Å². The molecule has 4 nitrogen and oxygen atoms in total. The summed E-state index contributed by atoms with van der Waals surface area (Å²) in [6, 6.07) is 0. The maximum absolute atomic E-state index is 13.4. The summed E-state index contributed by atoms with van der Waals surface area (Å²) in [5, 5.41) is 5.87. The molecule has 1 aromatic heterocycles. The molecule has 1 saturated carbocycles. The second-order valence-electron chi connectivity index (χ2n) is 4.35. The molecular weight excluding hydrogens is 207 g/mol. The number of halogens is 1. The average Bonchev–Trinajstić information content (AvgIpc) is 3.09. The summed E-state index contributed by atoms with van der Waals surface area (Å²) < 4.78 is 13.4. The average molecular weight is 224 g/mol. The van der Waals surface area contributed by atoms with Gasteiger partial charge in [-0.1, -0.05) is 6.92 Å². The molecule has 88 valence electrons. The maximum atomic E-state index is 13.4. The van der Waals surface area contributed by atoms with Crippen LogP contribution in [0.25, 0.3) is 0 Å². The molecule has 0 radical (unpaired) electrons. The lowest BCUT2D eigenvalue weighted by atomic mass is 10.0. The minimum Gasteiger partial charge on any atom is -0.367 e. The molecule has 2 rings (SSSR count). The van der Waals surface area contributed by atoms with Crippen LogP contribution in [0, 0.1) is 11.2 Å². The Kier molecular flexibility index (Phi) is 2.94. The molecule has 0 spiro atoms. The normalized spacial score (nSPS) is 16.9. The number of nitrogens with one attached hydrogen (secondary N) is 2. The lowest BCUT2D eigenvalue weighted by Gasteiger charge is -2.14. The molecule has 5 heteroatoms. The van der Waals surface area contributed by atoms with Crippen molar-refractivity contribution in [1.82, 2.24) is 9.97 Å². The van der Waals surface area contributed by atoms with Crippen molar-refractivity contribution in [3.05, 3.63) is 12.0 Å². The zero-order chi connectivity index (χ0) is 11.6. The smallest absolute Gasteiger partial charge is 0.224 e. The lowest BCUT2D eigenvalue weighted by molar-refractivity contribution is 0.517. The van der Waals surface area contributed by atoms with Gasteiger partial charge in [0.2, 0.25) is 5.95 Å². The first-order chi connectivity index (χ1) is 7.69. The fourth-order valence-electron chi connectivity index (χ4n) is 1.71. The van der Waals surface area contributed by atoms with Crippen LogP contribution in [0.1, 0.15) is 26.2 Å². The zero-order valence-corrected chi connectivity index (χ0v) is 9.68. The van der Waals surface area contributed by atoms with E-state index in [0.29, 0.717) is 17.2 Å². The minimum atomic E-state index is -0.397. The monoisotopic (exact) mass is 224 g/mol. The molecule has 1 heterocycles. The van der Waals surface area contributed by atoms with Crippen molar-refractivity contribution >= 4 is 11.8 Å². The van der Waals surface area contributed by atoms with Gasteiger partial charge < -0.3 is 10.6 Å². The molecule has 2 N–H and O–H groups in total. The molecule has 1 fully saturated rings. The van der Waals surface area contributed by atoms with Gasteiger partial charge in [-0.3, -0.25) is 0 Å². The van der Waals surface area contributed by atoms with E-state index in [2.05, 4.69) is 27.5 Å². The molecule has 16 heavy (non-hydrogen) atoms. The second-order valence-corrected chi connectivity index (χ2v) is 4.35. The van der Waals surface area contributed by atoms with Crippen molar-refractivity contribution in [2.45, 2.75) is 26.2 Å². The minimum absolute atomic E-state index is 0.291. The molecular formula is C11H17FN4. The van der Waals surface area contributed by atoms with Crippen molar-refractivity contribution in [3.8, 4) is 0 Å². The maximum Gasteiger partial charge on any atom is 0.224 e. The summed E-state index contributed by atoms with van der Waals surface area (Å²) in [7, 11) is 1.71. The topological polar surface area (TPSA) is 49.8 Å². The number of hydrogen-bond donors (Lipinski definition) is 2. The predicted octanol–water partition coefficient (Wildman–Crippen LogP) is 2.26. The van der Waals surface area contributed by atoms with Gasteiger partial charge in [0.1, 0.15) is 0 Å². The van der Waals surface area contributed by atoms with Crippen LogP contribution in [0.3, 0.4) is 0 Å². The van der Waals surface area contributed by atoms with Crippen molar-refractivity contribution < 1.29 is 4.39 Å². The molecule has 1 aliphatic rings. The zero-order valence-electron chi connectivity index (χ0n) is 9.68. The first kappa shape index (κ1) is 11.1. The third kappa shape index (κ3) is 2.23. The summed E-state index contributed by atoms with van der Waals surface area (Å²) in [6.45, 7) is 2.96. The number of hydrogen-bond acceptors (Lipinski definition) is 4. The highest BCUT2D eigenvalue weighted by atomic mass is 19.1. The van der Waals surface area contributed by atoms with E-state index in [1.807, 2.05) is 0 Å². The Morgan fingerprint density at radius 1 is 1.50 bits per heavy atom. The highest BCUT2D eigenvalue weighted by molar-refractivity contribution is 5.41. The largest absolute Gasteiger partial charge is 0.367 e. The van der Waals surface area contributed by atoms with Gasteiger partial charge in [0.25, 0.3) is 0 Å². The van der Waals surface area contributed by atoms with E-state index < -0.39 is 5.82 Å². The van der Waals surface area contributed by atoms with Crippen molar-refractivity contribution in [2.24, 2.45) is 5.41 Å². The van der Waals surface area contributed by atoms with E-state index in [9.17, 15) is 4.39 Å². The molecule has 0 aromatic carbocycles. The molecule has 0 amide bonds.